The SMILES string of the molecule is CCOc1ccc(S(=O)(=O)N2CCOCC2)cc1NC(=O)C(C)C1CNC1.Cl. The number of carbonyl (C=O) groups is 1. The van der Waals surface area contributed by atoms with Gasteiger partial charge in [-0.2, -0.15) is 4.31 Å². The molecule has 2 aliphatic rings. The molecule has 2 heterocycles. The molecule has 10 heteroatoms. The number of hydrogen-bond acceptors (Lipinski definition) is 6. The Kier molecular flexibility index (Phi) is 8.08. The van der Waals surface area contributed by atoms with E-state index < -0.39 is 10.0 Å². The van der Waals surface area contributed by atoms with Crippen LogP contribution in [0.4, 0.5) is 5.69 Å². The maximum Gasteiger partial charge on any atom is 0.243 e. The van der Waals surface area contributed by atoms with E-state index in [1.165, 1.54) is 16.4 Å². The maximum absolute atomic E-state index is 12.9. The summed E-state index contributed by atoms with van der Waals surface area (Å²) >= 11 is 0. The van der Waals surface area contributed by atoms with Crippen molar-refractivity contribution in [2.24, 2.45) is 11.8 Å². The third kappa shape index (κ3) is 4.96. The van der Waals surface area contributed by atoms with Gasteiger partial charge in [0, 0.05) is 19.0 Å². The molecule has 0 bridgehead atoms. The fraction of sp³-hybridized carbons (Fsp3) is 0.611. The van der Waals surface area contributed by atoms with Crippen LogP contribution in [0.2, 0.25) is 0 Å². The number of sulfonamides is 1. The third-order valence-corrected chi connectivity index (χ3v) is 6.94. The summed E-state index contributed by atoms with van der Waals surface area (Å²) in [6.07, 6.45) is 0. The lowest BCUT2D eigenvalue weighted by atomic mass is 9.88. The van der Waals surface area contributed by atoms with E-state index in [0.717, 1.165) is 13.1 Å². The van der Waals surface area contributed by atoms with E-state index in [4.69, 9.17) is 9.47 Å². The number of morpholine rings is 1. The van der Waals surface area contributed by atoms with Crippen molar-refractivity contribution in [1.29, 1.82) is 0 Å². The molecule has 0 aliphatic carbocycles. The molecule has 1 amide bonds. The van der Waals surface area contributed by atoms with Crippen molar-refractivity contribution in [1.82, 2.24) is 9.62 Å². The van der Waals surface area contributed by atoms with Crippen LogP contribution >= 0.6 is 12.4 Å². The van der Waals surface area contributed by atoms with Gasteiger partial charge < -0.3 is 20.1 Å². The van der Waals surface area contributed by atoms with Crippen LogP contribution in [0.15, 0.2) is 23.1 Å². The number of anilines is 1. The summed E-state index contributed by atoms with van der Waals surface area (Å²) < 4.78 is 38.0. The van der Waals surface area contributed by atoms with Crippen molar-refractivity contribution < 1.29 is 22.7 Å². The molecule has 8 nitrogen and oxygen atoms in total. The van der Waals surface area contributed by atoms with Gasteiger partial charge in [0.15, 0.2) is 0 Å². The third-order valence-electron chi connectivity index (χ3n) is 5.05. The molecule has 28 heavy (non-hydrogen) atoms. The summed E-state index contributed by atoms with van der Waals surface area (Å²) in [5.41, 5.74) is 0.385. The van der Waals surface area contributed by atoms with Crippen LogP contribution in [0.5, 0.6) is 5.75 Å². The number of halogens is 1. The van der Waals surface area contributed by atoms with Crippen LogP contribution in [0.25, 0.3) is 0 Å². The molecule has 2 aliphatic heterocycles. The Hall–Kier alpha value is -1.39. The summed E-state index contributed by atoms with van der Waals surface area (Å²) in [6, 6.07) is 4.60. The van der Waals surface area contributed by atoms with E-state index in [1.807, 2.05) is 13.8 Å². The highest BCUT2D eigenvalue weighted by Crippen LogP contribution is 2.30. The number of rotatable bonds is 7. The minimum atomic E-state index is -3.65. The number of nitrogens with one attached hydrogen (secondary N) is 2. The molecule has 0 radical (unpaired) electrons. The highest BCUT2D eigenvalue weighted by atomic mass is 35.5. The number of ether oxygens (including phenoxy) is 2. The summed E-state index contributed by atoms with van der Waals surface area (Å²) in [6.45, 7) is 7.19. The second-order valence-corrected chi connectivity index (χ2v) is 8.74. The highest BCUT2D eigenvalue weighted by Gasteiger charge is 2.30. The zero-order valence-electron chi connectivity index (χ0n) is 16.1. The first-order valence-corrected chi connectivity index (χ1v) is 10.7. The van der Waals surface area contributed by atoms with Gasteiger partial charge in [0.25, 0.3) is 0 Å². The normalized spacial score (nSPS) is 19.2. The molecule has 1 unspecified atom stereocenters. The first kappa shape index (κ1) is 22.9. The topological polar surface area (TPSA) is 97.0 Å². The number of amides is 1. The highest BCUT2D eigenvalue weighted by molar-refractivity contribution is 7.89. The first-order chi connectivity index (χ1) is 12.9. The monoisotopic (exact) mass is 433 g/mol. The lowest BCUT2D eigenvalue weighted by Crippen LogP contribution is -2.48. The average Bonchev–Trinajstić information content (AvgIpc) is 2.62. The first-order valence-electron chi connectivity index (χ1n) is 9.29. The minimum absolute atomic E-state index is 0. The van der Waals surface area contributed by atoms with E-state index in [-0.39, 0.29) is 29.1 Å². The standard InChI is InChI=1S/C18H27N3O5S.ClH/c1-3-26-17-5-4-15(27(23,24)21-6-8-25-9-7-21)10-16(17)20-18(22)13(2)14-11-19-12-14;/h4-5,10,13-14,19H,3,6-9,11-12H2,1-2H3,(H,20,22);1H. The van der Waals surface area contributed by atoms with E-state index in [1.54, 1.807) is 6.07 Å². The van der Waals surface area contributed by atoms with Crippen LogP contribution in [0, 0.1) is 11.8 Å². The molecule has 0 saturated carbocycles. The molecule has 158 valence electrons. The fourth-order valence-electron chi connectivity index (χ4n) is 3.11. The molecule has 1 atom stereocenters. The zero-order valence-corrected chi connectivity index (χ0v) is 17.8. The van der Waals surface area contributed by atoms with Gasteiger partial charge in [-0.05, 0) is 44.1 Å². The predicted octanol–water partition coefficient (Wildman–Crippen LogP) is 1.32. The lowest BCUT2D eigenvalue weighted by Gasteiger charge is -2.32. The van der Waals surface area contributed by atoms with Crippen molar-refractivity contribution in [2.75, 3.05) is 51.3 Å². The second-order valence-electron chi connectivity index (χ2n) is 6.80. The largest absolute Gasteiger partial charge is 0.492 e. The Morgan fingerprint density at radius 1 is 1.36 bits per heavy atom. The molecule has 2 fully saturated rings. The Bertz CT molecular complexity index is 779. The Balaban J connectivity index is 0.00000280. The van der Waals surface area contributed by atoms with Gasteiger partial charge in [0.05, 0.1) is 30.4 Å². The van der Waals surface area contributed by atoms with Crippen molar-refractivity contribution in [2.45, 2.75) is 18.7 Å². The summed E-state index contributed by atoms with van der Waals surface area (Å²) in [5, 5.41) is 6.02. The Morgan fingerprint density at radius 3 is 2.61 bits per heavy atom. The van der Waals surface area contributed by atoms with Crippen LogP contribution in [-0.4, -0.2) is 64.6 Å². The van der Waals surface area contributed by atoms with E-state index in [9.17, 15) is 13.2 Å². The molecule has 2 N–H and O–H groups in total. The number of hydrogen-bond donors (Lipinski definition) is 2. The van der Waals surface area contributed by atoms with E-state index >= 15 is 0 Å². The molecule has 1 aromatic carbocycles. The van der Waals surface area contributed by atoms with Crippen molar-refractivity contribution >= 4 is 34.0 Å². The molecular formula is C18H28ClN3O5S. The van der Waals surface area contributed by atoms with Gasteiger partial charge in [0.2, 0.25) is 15.9 Å². The molecular weight excluding hydrogens is 406 g/mol. The number of benzene rings is 1. The molecule has 0 aromatic heterocycles. The summed E-state index contributed by atoms with van der Waals surface area (Å²) in [7, 11) is -3.65. The van der Waals surface area contributed by atoms with Gasteiger partial charge in [-0.1, -0.05) is 6.92 Å². The molecule has 0 spiro atoms. The van der Waals surface area contributed by atoms with Gasteiger partial charge in [0.1, 0.15) is 5.75 Å². The summed E-state index contributed by atoms with van der Waals surface area (Å²) in [4.78, 5) is 12.7. The quantitative estimate of drug-likeness (QED) is 0.673. The number of nitrogens with zero attached hydrogens (tertiary/aromatic N) is 1. The van der Waals surface area contributed by atoms with Gasteiger partial charge >= 0.3 is 0 Å². The van der Waals surface area contributed by atoms with Gasteiger partial charge in [-0.3, -0.25) is 4.79 Å². The fourth-order valence-corrected chi connectivity index (χ4v) is 4.54. The van der Waals surface area contributed by atoms with Crippen LogP contribution in [0.1, 0.15) is 13.8 Å². The molecule has 1 aromatic rings. The van der Waals surface area contributed by atoms with Crippen LogP contribution in [0.3, 0.4) is 0 Å². The average molecular weight is 434 g/mol. The van der Waals surface area contributed by atoms with Gasteiger partial charge in [-0.25, -0.2) is 8.42 Å². The minimum Gasteiger partial charge on any atom is -0.492 e. The maximum atomic E-state index is 12.9. The lowest BCUT2D eigenvalue weighted by molar-refractivity contribution is -0.121. The van der Waals surface area contributed by atoms with Crippen LogP contribution in [-0.2, 0) is 19.6 Å². The summed E-state index contributed by atoms with van der Waals surface area (Å²) in [5.74, 6) is 0.454. The van der Waals surface area contributed by atoms with Crippen molar-refractivity contribution in [3.8, 4) is 5.75 Å². The number of carbonyl (C=O) groups excluding carboxylic acids is 1. The van der Waals surface area contributed by atoms with Gasteiger partial charge in [-0.15, -0.1) is 12.4 Å². The van der Waals surface area contributed by atoms with E-state index in [0.29, 0.717) is 50.3 Å². The smallest absolute Gasteiger partial charge is 0.243 e. The van der Waals surface area contributed by atoms with Crippen LogP contribution < -0.4 is 15.4 Å². The molecule has 2 saturated heterocycles. The molecule has 3 rings (SSSR count). The van der Waals surface area contributed by atoms with Crippen molar-refractivity contribution in [3.63, 3.8) is 0 Å². The zero-order chi connectivity index (χ0) is 19.4. The second kappa shape index (κ2) is 9.89. The Labute approximate surface area is 172 Å². The van der Waals surface area contributed by atoms with Crippen molar-refractivity contribution in [3.05, 3.63) is 18.2 Å². The Morgan fingerprint density at radius 2 is 2.04 bits per heavy atom. The van der Waals surface area contributed by atoms with E-state index in [2.05, 4.69) is 10.6 Å². The predicted molar refractivity (Wildman–Crippen MR) is 109 cm³/mol.